The maximum absolute atomic E-state index is 11.9. The van der Waals surface area contributed by atoms with Gasteiger partial charge in [-0.25, -0.2) is 0 Å². The quantitative estimate of drug-likeness (QED) is 0.771. The molecule has 1 aliphatic rings. The summed E-state index contributed by atoms with van der Waals surface area (Å²) in [5.74, 6) is 0.972. The molecule has 1 aromatic heterocycles. The lowest BCUT2D eigenvalue weighted by Gasteiger charge is -2.22. The molecule has 0 bridgehead atoms. The summed E-state index contributed by atoms with van der Waals surface area (Å²) in [4.78, 5) is 11.9. The number of hydrogen-bond acceptors (Lipinski definition) is 3. The average molecular weight is 236 g/mol. The van der Waals surface area contributed by atoms with Crippen molar-refractivity contribution in [3.63, 3.8) is 0 Å². The van der Waals surface area contributed by atoms with Crippen LogP contribution in [0.2, 0.25) is 0 Å². The van der Waals surface area contributed by atoms with E-state index in [1.807, 2.05) is 6.92 Å². The average Bonchev–Trinajstić information content (AvgIpc) is 2.63. The van der Waals surface area contributed by atoms with Gasteiger partial charge >= 0.3 is 0 Å². The number of nitrogens with two attached hydrogens (primary N) is 1. The first kappa shape index (κ1) is 12.2. The summed E-state index contributed by atoms with van der Waals surface area (Å²) >= 11 is 0. The molecule has 4 heteroatoms. The Balaban J connectivity index is 1.97. The van der Waals surface area contributed by atoms with Crippen LogP contribution in [0.5, 0.6) is 0 Å². The highest BCUT2D eigenvalue weighted by Gasteiger charge is 2.23. The molecule has 0 aliphatic heterocycles. The van der Waals surface area contributed by atoms with Gasteiger partial charge in [0, 0.05) is 12.1 Å². The van der Waals surface area contributed by atoms with E-state index in [9.17, 15) is 4.79 Å². The molecule has 94 valence electrons. The fraction of sp³-hybridized carbons (Fsp3) is 0.615. The van der Waals surface area contributed by atoms with Crippen molar-refractivity contribution < 1.29 is 9.21 Å². The fourth-order valence-corrected chi connectivity index (χ4v) is 2.31. The van der Waals surface area contributed by atoms with Crippen LogP contribution in [0.3, 0.4) is 0 Å². The van der Waals surface area contributed by atoms with E-state index in [4.69, 9.17) is 10.2 Å². The molecule has 0 saturated heterocycles. The first-order valence-electron chi connectivity index (χ1n) is 6.29. The standard InChI is InChI=1S/C13H20N2O2/c1-9-7-8-12(17-9)13(16)15-11-6-4-2-3-5-10(11)14/h7-8,10-11H,2-6,14H2,1H3,(H,15,16). The summed E-state index contributed by atoms with van der Waals surface area (Å²) in [5.41, 5.74) is 6.07. The predicted molar refractivity (Wildman–Crippen MR) is 65.8 cm³/mol. The van der Waals surface area contributed by atoms with Crippen LogP contribution in [-0.4, -0.2) is 18.0 Å². The van der Waals surface area contributed by atoms with Gasteiger partial charge in [0.05, 0.1) is 0 Å². The Kier molecular flexibility index (Phi) is 3.84. The van der Waals surface area contributed by atoms with Crippen LogP contribution in [-0.2, 0) is 0 Å². The van der Waals surface area contributed by atoms with Gasteiger partial charge in [0.25, 0.3) is 5.91 Å². The Hall–Kier alpha value is -1.29. The van der Waals surface area contributed by atoms with Crippen LogP contribution in [0, 0.1) is 6.92 Å². The summed E-state index contributed by atoms with van der Waals surface area (Å²) < 4.78 is 5.30. The Labute approximate surface area is 102 Å². The Morgan fingerprint density at radius 3 is 2.82 bits per heavy atom. The van der Waals surface area contributed by atoms with Crippen molar-refractivity contribution in [2.24, 2.45) is 5.73 Å². The van der Waals surface area contributed by atoms with Gasteiger partial charge in [-0.2, -0.15) is 0 Å². The van der Waals surface area contributed by atoms with Gasteiger partial charge < -0.3 is 15.5 Å². The maximum atomic E-state index is 11.9. The molecule has 0 radical (unpaired) electrons. The molecule has 1 aliphatic carbocycles. The largest absolute Gasteiger partial charge is 0.456 e. The van der Waals surface area contributed by atoms with Crippen LogP contribution in [0.1, 0.15) is 48.4 Å². The van der Waals surface area contributed by atoms with Gasteiger partial charge in [-0.05, 0) is 31.9 Å². The second-order valence-corrected chi connectivity index (χ2v) is 4.79. The van der Waals surface area contributed by atoms with E-state index in [1.54, 1.807) is 12.1 Å². The van der Waals surface area contributed by atoms with Crippen LogP contribution in [0.25, 0.3) is 0 Å². The molecule has 0 aromatic carbocycles. The number of furan rings is 1. The first-order valence-corrected chi connectivity index (χ1v) is 6.29. The van der Waals surface area contributed by atoms with Crippen molar-refractivity contribution >= 4 is 5.91 Å². The molecule has 3 N–H and O–H groups in total. The van der Waals surface area contributed by atoms with Gasteiger partial charge in [-0.15, -0.1) is 0 Å². The molecule has 1 heterocycles. The number of carbonyl (C=O) groups is 1. The monoisotopic (exact) mass is 236 g/mol. The molecular weight excluding hydrogens is 216 g/mol. The van der Waals surface area contributed by atoms with Crippen LogP contribution < -0.4 is 11.1 Å². The minimum Gasteiger partial charge on any atom is -0.456 e. The minimum atomic E-state index is -0.152. The molecular formula is C13H20N2O2. The molecule has 1 saturated carbocycles. The lowest BCUT2D eigenvalue weighted by Crippen LogP contribution is -2.46. The summed E-state index contributed by atoms with van der Waals surface area (Å²) in [7, 11) is 0. The van der Waals surface area contributed by atoms with Crippen molar-refractivity contribution in [2.75, 3.05) is 0 Å². The highest BCUT2D eigenvalue weighted by Crippen LogP contribution is 2.17. The van der Waals surface area contributed by atoms with Gasteiger partial charge in [0.2, 0.25) is 0 Å². The van der Waals surface area contributed by atoms with Crippen molar-refractivity contribution in [1.82, 2.24) is 5.32 Å². The molecule has 2 atom stereocenters. The zero-order chi connectivity index (χ0) is 12.3. The van der Waals surface area contributed by atoms with Gasteiger partial charge in [-0.1, -0.05) is 19.3 Å². The number of nitrogens with one attached hydrogen (secondary N) is 1. The zero-order valence-corrected chi connectivity index (χ0v) is 10.2. The number of aryl methyl sites for hydroxylation is 1. The van der Waals surface area contributed by atoms with E-state index < -0.39 is 0 Å². The summed E-state index contributed by atoms with van der Waals surface area (Å²) in [6.07, 6.45) is 5.46. The third-order valence-electron chi connectivity index (χ3n) is 3.35. The van der Waals surface area contributed by atoms with E-state index in [2.05, 4.69) is 5.32 Å². The smallest absolute Gasteiger partial charge is 0.287 e. The number of rotatable bonds is 2. The molecule has 17 heavy (non-hydrogen) atoms. The molecule has 1 amide bonds. The molecule has 1 aromatic rings. The predicted octanol–water partition coefficient (Wildman–Crippen LogP) is 1.98. The molecule has 1 fully saturated rings. The maximum Gasteiger partial charge on any atom is 0.287 e. The van der Waals surface area contributed by atoms with E-state index >= 15 is 0 Å². The first-order chi connectivity index (χ1) is 8.16. The third-order valence-corrected chi connectivity index (χ3v) is 3.35. The van der Waals surface area contributed by atoms with Gasteiger partial charge in [0.1, 0.15) is 5.76 Å². The van der Waals surface area contributed by atoms with Crippen molar-refractivity contribution in [1.29, 1.82) is 0 Å². The van der Waals surface area contributed by atoms with E-state index in [0.29, 0.717) is 5.76 Å². The van der Waals surface area contributed by atoms with Crippen LogP contribution in [0.4, 0.5) is 0 Å². The number of amides is 1. The summed E-state index contributed by atoms with van der Waals surface area (Å²) in [6.45, 7) is 1.83. The highest BCUT2D eigenvalue weighted by molar-refractivity contribution is 5.91. The topological polar surface area (TPSA) is 68.3 Å². The van der Waals surface area contributed by atoms with Crippen LogP contribution >= 0.6 is 0 Å². The lowest BCUT2D eigenvalue weighted by atomic mass is 10.0. The Morgan fingerprint density at radius 1 is 1.35 bits per heavy atom. The van der Waals surface area contributed by atoms with Gasteiger partial charge in [0.15, 0.2) is 5.76 Å². The molecule has 2 unspecified atom stereocenters. The third kappa shape index (κ3) is 3.09. The van der Waals surface area contributed by atoms with Gasteiger partial charge in [-0.3, -0.25) is 4.79 Å². The number of carbonyl (C=O) groups excluding carboxylic acids is 1. The fourth-order valence-electron chi connectivity index (χ4n) is 2.31. The normalized spacial score (nSPS) is 25.3. The van der Waals surface area contributed by atoms with E-state index in [0.717, 1.165) is 31.4 Å². The van der Waals surface area contributed by atoms with Crippen molar-refractivity contribution in [3.8, 4) is 0 Å². The minimum absolute atomic E-state index is 0.0671. The zero-order valence-electron chi connectivity index (χ0n) is 10.2. The van der Waals surface area contributed by atoms with E-state index in [1.165, 1.54) is 6.42 Å². The SMILES string of the molecule is Cc1ccc(C(=O)NC2CCCCCC2N)o1. The van der Waals surface area contributed by atoms with Crippen molar-refractivity contribution in [2.45, 2.75) is 51.1 Å². The summed E-state index contributed by atoms with van der Waals surface area (Å²) in [5, 5.41) is 2.98. The second-order valence-electron chi connectivity index (χ2n) is 4.79. The second kappa shape index (κ2) is 5.36. The van der Waals surface area contributed by atoms with Crippen molar-refractivity contribution in [3.05, 3.63) is 23.7 Å². The summed E-state index contributed by atoms with van der Waals surface area (Å²) in [6, 6.07) is 3.64. The molecule has 2 rings (SSSR count). The lowest BCUT2D eigenvalue weighted by molar-refractivity contribution is 0.0899. The molecule has 0 spiro atoms. The number of hydrogen-bond donors (Lipinski definition) is 2. The Morgan fingerprint density at radius 2 is 2.12 bits per heavy atom. The van der Waals surface area contributed by atoms with E-state index in [-0.39, 0.29) is 18.0 Å². The van der Waals surface area contributed by atoms with Crippen LogP contribution in [0.15, 0.2) is 16.5 Å². The molecule has 4 nitrogen and oxygen atoms in total. The highest BCUT2D eigenvalue weighted by atomic mass is 16.3. The Bertz CT molecular complexity index is 387.